The van der Waals surface area contributed by atoms with E-state index in [2.05, 4.69) is 79.7 Å². The average Bonchev–Trinajstić information content (AvgIpc) is 2.39. The molecule has 0 aromatic carbocycles. The molecule has 17 heavy (non-hydrogen) atoms. The lowest BCUT2D eigenvalue weighted by Gasteiger charge is -2.21. The second-order valence-corrected chi connectivity index (χ2v) is 4.55. The Balaban J connectivity index is 2.14. The molecule has 0 amide bonds. The molecule has 0 saturated carbocycles. The van der Waals surface area contributed by atoms with Crippen LogP contribution < -0.4 is 0 Å². The molecule has 1 heterocycles. The molecule has 1 aliphatic heterocycles. The van der Waals surface area contributed by atoms with E-state index in [-0.39, 0.29) is 0 Å². The Labute approximate surface area is 104 Å². The summed E-state index contributed by atoms with van der Waals surface area (Å²) in [5.74, 6) is 0. The number of hydrogen-bond donors (Lipinski definition) is 0. The first kappa shape index (κ1) is 11.9. The highest BCUT2D eigenvalue weighted by molar-refractivity contribution is 5.50. The van der Waals surface area contributed by atoms with Crippen molar-refractivity contribution in [1.29, 1.82) is 0 Å². The van der Waals surface area contributed by atoms with Gasteiger partial charge in [0.2, 0.25) is 0 Å². The molecule has 90 valence electrons. The molecule has 0 atom stereocenters. The van der Waals surface area contributed by atoms with Gasteiger partial charge in [-0.05, 0) is 44.3 Å². The summed E-state index contributed by atoms with van der Waals surface area (Å²) >= 11 is 0. The van der Waals surface area contributed by atoms with Gasteiger partial charge < -0.3 is 4.90 Å². The molecular weight excluding hydrogens is 208 g/mol. The van der Waals surface area contributed by atoms with Gasteiger partial charge in [-0.2, -0.15) is 0 Å². The lowest BCUT2D eigenvalue weighted by Crippen LogP contribution is -2.24. The highest BCUT2D eigenvalue weighted by Gasteiger charge is 2.09. The third-order valence-electron chi connectivity index (χ3n) is 3.13. The first-order chi connectivity index (χ1) is 8.20. The summed E-state index contributed by atoms with van der Waals surface area (Å²) in [4.78, 5) is 4.36. The van der Waals surface area contributed by atoms with E-state index in [4.69, 9.17) is 0 Å². The van der Waals surface area contributed by atoms with Crippen LogP contribution in [-0.4, -0.2) is 36.5 Å². The average molecular weight is 228 g/mol. The van der Waals surface area contributed by atoms with Crippen molar-refractivity contribution in [2.24, 2.45) is 0 Å². The van der Waals surface area contributed by atoms with Gasteiger partial charge in [-0.15, -0.1) is 0 Å². The fraction of sp³-hybridized carbons (Fsp3) is 0.333. The van der Waals surface area contributed by atoms with Gasteiger partial charge in [0.05, 0.1) is 0 Å². The third-order valence-corrected chi connectivity index (χ3v) is 3.13. The maximum absolute atomic E-state index is 2.23. The summed E-state index contributed by atoms with van der Waals surface area (Å²) in [5, 5.41) is 0. The second kappa shape index (κ2) is 5.19. The van der Waals surface area contributed by atoms with Crippen LogP contribution in [0, 0.1) is 0 Å². The minimum absolute atomic E-state index is 0.419. The zero-order chi connectivity index (χ0) is 12.3. The Kier molecular flexibility index (Phi) is 3.64. The Morgan fingerprint density at radius 2 is 1.53 bits per heavy atom. The molecule has 0 bridgehead atoms. The Morgan fingerprint density at radius 3 is 2.00 bits per heavy atom. The molecule has 0 spiro atoms. The minimum Gasteiger partial charge on any atom is -0.354 e. The van der Waals surface area contributed by atoms with Gasteiger partial charge in [0.25, 0.3) is 0 Å². The van der Waals surface area contributed by atoms with E-state index < -0.39 is 0 Å². The van der Waals surface area contributed by atoms with Gasteiger partial charge in [-0.25, -0.2) is 0 Å². The van der Waals surface area contributed by atoms with E-state index >= 15 is 0 Å². The summed E-state index contributed by atoms with van der Waals surface area (Å²) in [6, 6.07) is 0.419. The third kappa shape index (κ3) is 2.77. The van der Waals surface area contributed by atoms with E-state index in [0.29, 0.717) is 6.04 Å². The highest BCUT2D eigenvalue weighted by Crippen LogP contribution is 2.20. The van der Waals surface area contributed by atoms with Crippen LogP contribution in [-0.2, 0) is 0 Å². The monoisotopic (exact) mass is 228 g/mol. The van der Waals surface area contributed by atoms with Gasteiger partial charge >= 0.3 is 0 Å². The zero-order valence-corrected chi connectivity index (χ0v) is 10.8. The highest BCUT2D eigenvalue weighted by atomic mass is 15.1. The predicted molar refractivity (Wildman–Crippen MR) is 73.4 cm³/mol. The van der Waals surface area contributed by atoms with Crippen molar-refractivity contribution in [3.63, 3.8) is 0 Å². The summed E-state index contributed by atoms with van der Waals surface area (Å²) in [5.41, 5.74) is 2.56. The molecule has 0 fully saturated rings. The maximum Gasteiger partial charge on any atom is 0.0462 e. The molecule has 0 radical (unpaired) electrons. The smallest absolute Gasteiger partial charge is 0.0462 e. The fourth-order valence-electron chi connectivity index (χ4n) is 1.92. The van der Waals surface area contributed by atoms with Crippen LogP contribution in [0.1, 0.15) is 6.92 Å². The van der Waals surface area contributed by atoms with E-state index in [1.807, 2.05) is 0 Å². The van der Waals surface area contributed by atoms with Gasteiger partial charge in [0.15, 0.2) is 0 Å². The molecular formula is C15H20N2. The lowest BCUT2D eigenvalue weighted by atomic mass is 9.99. The van der Waals surface area contributed by atoms with Crippen molar-refractivity contribution >= 4 is 0 Å². The summed E-state index contributed by atoms with van der Waals surface area (Å²) in [6.07, 6.45) is 17.5. The lowest BCUT2D eigenvalue weighted by molar-refractivity contribution is 0.390. The van der Waals surface area contributed by atoms with Crippen LogP contribution in [0.25, 0.3) is 0 Å². The van der Waals surface area contributed by atoms with Gasteiger partial charge in [0, 0.05) is 25.0 Å². The number of nitrogens with zero attached hydrogens (tertiary/aromatic N) is 2. The Morgan fingerprint density at radius 1 is 1.00 bits per heavy atom. The molecule has 2 heteroatoms. The molecule has 0 aromatic heterocycles. The zero-order valence-electron chi connectivity index (χ0n) is 10.8. The number of likely N-dealkylation sites (N-methyl/N-ethyl adjacent to an activating group) is 1. The van der Waals surface area contributed by atoms with Crippen LogP contribution >= 0.6 is 0 Å². The molecule has 2 rings (SSSR count). The largest absolute Gasteiger partial charge is 0.354 e. The van der Waals surface area contributed by atoms with E-state index in [9.17, 15) is 0 Å². The standard InChI is InChI=1S/C15H20N2/c1-4-17-11-9-14(10-12-17)13-5-7-15(8-6-13)16(2)3/h5-12,15H,4H2,1-3H3. The summed E-state index contributed by atoms with van der Waals surface area (Å²) < 4.78 is 0. The molecule has 0 aromatic rings. The quantitative estimate of drug-likeness (QED) is 0.717. The first-order valence-corrected chi connectivity index (χ1v) is 6.10. The SMILES string of the molecule is CCN1C=CC(=C2C=CC(N(C)C)C=C2)C=C1. The number of hydrogen-bond acceptors (Lipinski definition) is 2. The Hall–Kier alpha value is -1.54. The second-order valence-electron chi connectivity index (χ2n) is 4.55. The molecule has 0 saturated heterocycles. The normalized spacial score (nSPS) is 23.1. The van der Waals surface area contributed by atoms with Crippen molar-refractivity contribution in [2.75, 3.05) is 20.6 Å². The Bertz CT molecular complexity index is 390. The van der Waals surface area contributed by atoms with Gasteiger partial charge in [0.1, 0.15) is 0 Å². The number of allylic oxidation sites excluding steroid dienone is 6. The maximum atomic E-state index is 2.23. The summed E-state index contributed by atoms with van der Waals surface area (Å²) in [7, 11) is 4.19. The van der Waals surface area contributed by atoms with Crippen molar-refractivity contribution in [2.45, 2.75) is 13.0 Å². The van der Waals surface area contributed by atoms with Crippen LogP contribution in [0.3, 0.4) is 0 Å². The van der Waals surface area contributed by atoms with E-state index in [1.165, 1.54) is 11.1 Å². The first-order valence-electron chi connectivity index (χ1n) is 6.10. The molecule has 0 N–H and O–H groups in total. The molecule has 2 aliphatic rings. The minimum atomic E-state index is 0.419. The predicted octanol–water partition coefficient (Wildman–Crippen LogP) is 2.70. The van der Waals surface area contributed by atoms with Crippen molar-refractivity contribution in [3.8, 4) is 0 Å². The van der Waals surface area contributed by atoms with Gasteiger partial charge in [-0.1, -0.05) is 24.3 Å². The van der Waals surface area contributed by atoms with Crippen molar-refractivity contribution in [3.05, 3.63) is 60.0 Å². The van der Waals surface area contributed by atoms with Crippen LogP contribution in [0.4, 0.5) is 0 Å². The van der Waals surface area contributed by atoms with Crippen molar-refractivity contribution in [1.82, 2.24) is 9.80 Å². The molecule has 1 aliphatic carbocycles. The van der Waals surface area contributed by atoms with Gasteiger partial charge in [-0.3, -0.25) is 4.90 Å². The molecule has 0 unspecified atom stereocenters. The van der Waals surface area contributed by atoms with Crippen LogP contribution in [0.15, 0.2) is 60.0 Å². The van der Waals surface area contributed by atoms with E-state index in [1.54, 1.807) is 0 Å². The van der Waals surface area contributed by atoms with Crippen LogP contribution in [0.5, 0.6) is 0 Å². The van der Waals surface area contributed by atoms with Crippen LogP contribution in [0.2, 0.25) is 0 Å². The summed E-state index contributed by atoms with van der Waals surface area (Å²) in [6.45, 7) is 3.17. The fourth-order valence-corrected chi connectivity index (χ4v) is 1.92. The number of rotatable bonds is 2. The van der Waals surface area contributed by atoms with E-state index in [0.717, 1.165) is 6.54 Å². The molecule has 2 nitrogen and oxygen atoms in total. The van der Waals surface area contributed by atoms with Crippen molar-refractivity contribution < 1.29 is 0 Å². The topological polar surface area (TPSA) is 6.48 Å².